The molecule has 0 N–H and O–H groups in total. The highest BCUT2D eigenvalue weighted by atomic mass is 16.5. The van der Waals surface area contributed by atoms with E-state index in [4.69, 9.17) is 4.52 Å². The minimum Gasteiger partial charge on any atom is -0.364 e. The van der Waals surface area contributed by atoms with E-state index in [1.807, 2.05) is 6.07 Å². The van der Waals surface area contributed by atoms with Gasteiger partial charge in [-0.2, -0.15) is 0 Å². The predicted molar refractivity (Wildman–Crippen MR) is 49.1 cm³/mol. The van der Waals surface area contributed by atoms with Crippen LogP contribution in [0.2, 0.25) is 0 Å². The summed E-state index contributed by atoms with van der Waals surface area (Å²) in [5.74, 6) is 0. The van der Waals surface area contributed by atoms with Crippen LogP contribution in [0.5, 0.6) is 0 Å². The summed E-state index contributed by atoms with van der Waals surface area (Å²) in [7, 11) is 0. The third-order valence-electron chi connectivity index (χ3n) is 1.98. The van der Waals surface area contributed by atoms with E-state index in [1.165, 1.54) is 5.56 Å². The van der Waals surface area contributed by atoms with Crippen LogP contribution in [-0.2, 0) is 6.42 Å². The summed E-state index contributed by atoms with van der Waals surface area (Å²) in [4.78, 5) is 4.29. The molecule has 0 aliphatic rings. The van der Waals surface area contributed by atoms with Crippen molar-refractivity contribution in [3.8, 4) is 11.3 Å². The fraction of sp³-hybridized carbons (Fsp3) is 0.200. The molecule has 0 spiro atoms. The van der Waals surface area contributed by atoms with Gasteiger partial charge in [0.05, 0.1) is 17.5 Å². The van der Waals surface area contributed by atoms with Gasteiger partial charge in [-0.05, 0) is 18.1 Å². The Hall–Kier alpha value is -1.64. The lowest BCUT2D eigenvalue weighted by Gasteiger charge is -2.01. The smallest absolute Gasteiger partial charge is 0.133 e. The van der Waals surface area contributed by atoms with Crippen molar-refractivity contribution in [3.05, 3.63) is 36.4 Å². The van der Waals surface area contributed by atoms with Crippen LogP contribution in [0, 0.1) is 0 Å². The molecule has 66 valence electrons. The Morgan fingerprint density at radius 2 is 2.38 bits per heavy atom. The molecule has 0 atom stereocenters. The van der Waals surface area contributed by atoms with Gasteiger partial charge in [0, 0.05) is 6.20 Å². The third-order valence-corrected chi connectivity index (χ3v) is 1.98. The Morgan fingerprint density at radius 3 is 3.08 bits per heavy atom. The van der Waals surface area contributed by atoms with E-state index in [2.05, 4.69) is 23.1 Å². The first-order valence-electron chi connectivity index (χ1n) is 4.25. The molecule has 0 radical (unpaired) electrons. The first-order chi connectivity index (χ1) is 6.42. The molecule has 0 saturated carbocycles. The van der Waals surface area contributed by atoms with Crippen LogP contribution in [0.4, 0.5) is 0 Å². The van der Waals surface area contributed by atoms with E-state index in [-0.39, 0.29) is 0 Å². The number of rotatable bonds is 2. The lowest BCUT2D eigenvalue weighted by molar-refractivity contribution is 0.420. The molecular weight excluding hydrogens is 164 g/mol. The Bertz CT molecular complexity index is 382. The molecule has 0 unspecified atom stereocenters. The summed E-state index contributed by atoms with van der Waals surface area (Å²) >= 11 is 0. The van der Waals surface area contributed by atoms with Gasteiger partial charge in [-0.3, -0.25) is 4.98 Å². The van der Waals surface area contributed by atoms with E-state index in [1.54, 1.807) is 18.7 Å². The standard InChI is InChI=1S/C10H10N2O/c1-2-8-4-3-5-11-10(8)9-6-12-13-7-9/h3-7H,2H2,1H3. The van der Waals surface area contributed by atoms with Crippen LogP contribution >= 0.6 is 0 Å². The van der Waals surface area contributed by atoms with E-state index in [0.29, 0.717) is 0 Å². The van der Waals surface area contributed by atoms with Gasteiger partial charge >= 0.3 is 0 Å². The molecule has 3 heteroatoms. The molecule has 0 aliphatic carbocycles. The van der Waals surface area contributed by atoms with Crippen LogP contribution in [0.25, 0.3) is 11.3 Å². The quantitative estimate of drug-likeness (QED) is 0.701. The molecule has 3 nitrogen and oxygen atoms in total. The molecule has 0 amide bonds. The highest BCUT2D eigenvalue weighted by molar-refractivity contribution is 5.60. The normalized spacial score (nSPS) is 10.2. The van der Waals surface area contributed by atoms with Crippen LogP contribution < -0.4 is 0 Å². The molecule has 0 bridgehead atoms. The first-order valence-corrected chi connectivity index (χ1v) is 4.25. The Kier molecular flexibility index (Phi) is 2.08. The first kappa shape index (κ1) is 7.98. The SMILES string of the molecule is CCc1cccnc1-c1cnoc1. The molecular formula is C10H10N2O. The largest absolute Gasteiger partial charge is 0.364 e. The summed E-state index contributed by atoms with van der Waals surface area (Å²) in [6.07, 6.45) is 6.04. The zero-order valence-corrected chi connectivity index (χ0v) is 7.40. The summed E-state index contributed by atoms with van der Waals surface area (Å²) in [5, 5.41) is 3.66. The third kappa shape index (κ3) is 1.45. The molecule has 2 heterocycles. The van der Waals surface area contributed by atoms with Crippen molar-refractivity contribution in [3.63, 3.8) is 0 Å². The van der Waals surface area contributed by atoms with Gasteiger partial charge in [0.25, 0.3) is 0 Å². The number of aryl methyl sites for hydroxylation is 1. The van der Waals surface area contributed by atoms with Crippen molar-refractivity contribution in [2.45, 2.75) is 13.3 Å². The minimum atomic E-state index is 0.942. The Balaban J connectivity index is 2.51. The highest BCUT2D eigenvalue weighted by Gasteiger charge is 2.05. The molecule has 0 saturated heterocycles. The summed E-state index contributed by atoms with van der Waals surface area (Å²) < 4.78 is 4.78. The minimum absolute atomic E-state index is 0.942. The van der Waals surface area contributed by atoms with Gasteiger partial charge in [-0.1, -0.05) is 18.1 Å². The predicted octanol–water partition coefficient (Wildman–Crippen LogP) is 2.30. The van der Waals surface area contributed by atoms with Crippen molar-refractivity contribution >= 4 is 0 Å². The lowest BCUT2D eigenvalue weighted by Crippen LogP contribution is -1.88. The summed E-state index contributed by atoms with van der Waals surface area (Å²) in [6.45, 7) is 2.11. The Labute approximate surface area is 76.4 Å². The van der Waals surface area contributed by atoms with Crippen molar-refractivity contribution < 1.29 is 4.52 Å². The number of nitrogens with zero attached hydrogens (tertiary/aromatic N) is 2. The van der Waals surface area contributed by atoms with E-state index < -0.39 is 0 Å². The van der Waals surface area contributed by atoms with Crippen LogP contribution in [-0.4, -0.2) is 10.1 Å². The molecule has 2 aromatic heterocycles. The molecule has 13 heavy (non-hydrogen) atoms. The van der Waals surface area contributed by atoms with Crippen LogP contribution in [0.3, 0.4) is 0 Å². The second-order valence-corrected chi connectivity index (χ2v) is 2.78. The van der Waals surface area contributed by atoms with Gasteiger partial charge < -0.3 is 4.52 Å². The van der Waals surface area contributed by atoms with E-state index in [9.17, 15) is 0 Å². The van der Waals surface area contributed by atoms with E-state index in [0.717, 1.165) is 17.7 Å². The highest BCUT2D eigenvalue weighted by Crippen LogP contribution is 2.20. The number of aromatic nitrogens is 2. The Morgan fingerprint density at radius 1 is 1.46 bits per heavy atom. The maximum atomic E-state index is 4.78. The van der Waals surface area contributed by atoms with Crippen LogP contribution in [0.15, 0.2) is 35.3 Å². The lowest BCUT2D eigenvalue weighted by atomic mass is 10.1. The van der Waals surface area contributed by atoms with Gasteiger partial charge in [-0.15, -0.1) is 0 Å². The van der Waals surface area contributed by atoms with Crippen molar-refractivity contribution in [2.75, 3.05) is 0 Å². The molecule has 2 aromatic rings. The molecule has 0 aliphatic heterocycles. The van der Waals surface area contributed by atoms with Crippen molar-refractivity contribution in [1.29, 1.82) is 0 Å². The second-order valence-electron chi connectivity index (χ2n) is 2.78. The van der Waals surface area contributed by atoms with Crippen molar-refractivity contribution in [1.82, 2.24) is 10.1 Å². The zero-order valence-electron chi connectivity index (χ0n) is 7.40. The van der Waals surface area contributed by atoms with Crippen LogP contribution in [0.1, 0.15) is 12.5 Å². The molecule has 2 rings (SSSR count). The number of hydrogen-bond acceptors (Lipinski definition) is 3. The van der Waals surface area contributed by atoms with Gasteiger partial charge in [0.2, 0.25) is 0 Å². The monoisotopic (exact) mass is 174 g/mol. The van der Waals surface area contributed by atoms with Crippen molar-refractivity contribution in [2.24, 2.45) is 0 Å². The van der Waals surface area contributed by atoms with E-state index >= 15 is 0 Å². The topological polar surface area (TPSA) is 38.9 Å². The zero-order chi connectivity index (χ0) is 9.10. The fourth-order valence-corrected chi connectivity index (χ4v) is 1.31. The summed E-state index contributed by atoms with van der Waals surface area (Å²) in [6, 6.07) is 4.01. The van der Waals surface area contributed by atoms with Gasteiger partial charge in [0.15, 0.2) is 0 Å². The molecule has 0 fully saturated rings. The van der Waals surface area contributed by atoms with Gasteiger partial charge in [-0.25, -0.2) is 0 Å². The van der Waals surface area contributed by atoms with Gasteiger partial charge in [0.1, 0.15) is 6.26 Å². The fourth-order valence-electron chi connectivity index (χ4n) is 1.31. The number of pyridine rings is 1. The molecule has 0 aromatic carbocycles. The maximum absolute atomic E-state index is 4.78. The number of hydrogen-bond donors (Lipinski definition) is 0. The average molecular weight is 174 g/mol. The average Bonchev–Trinajstić information content (AvgIpc) is 2.70. The second kappa shape index (κ2) is 3.39. The maximum Gasteiger partial charge on any atom is 0.133 e. The summed E-state index contributed by atoms with van der Waals surface area (Å²) in [5.41, 5.74) is 3.12.